The topological polar surface area (TPSA) is 76.9 Å². The van der Waals surface area contributed by atoms with Crippen molar-refractivity contribution < 1.29 is 4.79 Å². The number of hydrogen-bond donors (Lipinski definition) is 1. The van der Waals surface area contributed by atoms with Crippen LogP contribution < -0.4 is 10.9 Å². The highest BCUT2D eigenvalue weighted by Crippen LogP contribution is 2.30. The smallest absolute Gasteiger partial charge is 0.272 e. The van der Waals surface area contributed by atoms with Gasteiger partial charge < -0.3 is 5.32 Å². The highest BCUT2D eigenvalue weighted by atomic mass is 32.2. The van der Waals surface area contributed by atoms with Crippen molar-refractivity contribution in [1.82, 2.24) is 14.5 Å². The second kappa shape index (κ2) is 9.64. The van der Waals surface area contributed by atoms with Crippen LogP contribution in [0, 0.1) is 0 Å². The molecule has 164 valence electrons. The van der Waals surface area contributed by atoms with E-state index in [2.05, 4.69) is 10.3 Å². The monoisotopic (exact) mass is 472 g/mol. The molecule has 2 aromatic carbocycles. The number of aromatic nitrogens is 3. The zero-order chi connectivity index (χ0) is 22.6. The molecule has 0 saturated carbocycles. The number of benzene rings is 2. The Morgan fingerprint density at radius 1 is 1.00 bits per heavy atom. The summed E-state index contributed by atoms with van der Waals surface area (Å²) < 4.78 is 1.61. The zero-order valence-electron chi connectivity index (χ0n) is 17.6. The number of nitrogens with zero attached hydrogens (tertiary/aromatic N) is 3. The molecule has 33 heavy (non-hydrogen) atoms. The molecule has 1 N–H and O–H groups in total. The van der Waals surface area contributed by atoms with Gasteiger partial charge in [-0.25, -0.2) is 4.98 Å². The first-order valence-electron chi connectivity index (χ1n) is 10.5. The van der Waals surface area contributed by atoms with Gasteiger partial charge in [-0.1, -0.05) is 42.1 Å². The number of fused-ring (bicyclic) bond motifs is 1. The van der Waals surface area contributed by atoms with Gasteiger partial charge in [0.1, 0.15) is 0 Å². The van der Waals surface area contributed by atoms with Gasteiger partial charge in [0.15, 0.2) is 5.16 Å². The number of anilines is 1. The first-order chi connectivity index (χ1) is 16.2. The van der Waals surface area contributed by atoms with E-state index in [9.17, 15) is 9.59 Å². The predicted molar refractivity (Wildman–Crippen MR) is 133 cm³/mol. The van der Waals surface area contributed by atoms with E-state index in [4.69, 9.17) is 4.98 Å². The molecule has 5 rings (SSSR count). The van der Waals surface area contributed by atoms with Crippen LogP contribution in [-0.4, -0.2) is 31.9 Å². The minimum atomic E-state index is -0.152. The van der Waals surface area contributed by atoms with Crippen molar-refractivity contribution in [3.05, 3.63) is 95.2 Å². The number of carbonyl (C=O) groups is 1. The van der Waals surface area contributed by atoms with Crippen molar-refractivity contribution in [3.8, 4) is 16.8 Å². The molecule has 2 aromatic heterocycles. The fourth-order valence-electron chi connectivity index (χ4n) is 3.61. The van der Waals surface area contributed by atoms with E-state index in [0.717, 1.165) is 40.4 Å². The van der Waals surface area contributed by atoms with Crippen LogP contribution in [-0.2, 0) is 11.2 Å². The summed E-state index contributed by atoms with van der Waals surface area (Å²) in [7, 11) is 0. The summed E-state index contributed by atoms with van der Waals surface area (Å²) in [5.41, 5.74) is 4.35. The Morgan fingerprint density at radius 3 is 2.48 bits per heavy atom. The third kappa shape index (κ3) is 4.72. The molecule has 3 heterocycles. The van der Waals surface area contributed by atoms with Crippen molar-refractivity contribution in [1.29, 1.82) is 0 Å². The number of para-hydroxylation sites is 1. The Balaban J connectivity index is 1.32. The van der Waals surface area contributed by atoms with Crippen LogP contribution >= 0.6 is 23.5 Å². The number of carbonyl (C=O) groups excluding carboxylic acids is 1. The molecule has 0 unspecified atom stereocenters. The minimum absolute atomic E-state index is 0.0664. The maximum Gasteiger partial charge on any atom is 0.272 e. The van der Waals surface area contributed by atoms with Crippen molar-refractivity contribution in [2.24, 2.45) is 0 Å². The summed E-state index contributed by atoms with van der Waals surface area (Å²) in [5, 5.41) is 3.46. The highest BCUT2D eigenvalue weighted by Gasteiger charge is 2.23. The van der Waals surface area contributed by atoms with Crippen LogP contribution in [0.15, 0.2) is 94.0 Å². The third-order valence-corrected chi connectivity index (χ3v) is 7.24. The van der Waals surface area contributed by atoms with Crippen LogP contribution in [0.2, 0.25) is 0 Å². The van der Waals surface area contributed by atoms with E-state index in [1.165, 1.54) is 11.8 Å². The van der Waals surface area contributed by atoms with E-state index in [-0.39, 0.29) is 17.2 Å². The molecule has 1 aliphatic rings. The van der Waals surface area contributed by atoms with Crippen LogP contribution in [0.1, 0.15) is 5.69 Å². The van der Waals surface area contributed by atoms with Crippen molar-refractivity contribution in [2.75, 3.05) is 16.8 Å². The van der Waals surface area contributed by atoms with Crippen molar-refractivity contribution in [3.63, 3.8) is 0 Å². The average molecular weight is 473 g/mol. The number of aryl methyl sites for hydroxylation is 1. The van der Waals surface area contributed by atoms with Gasteiger partial charge in [0.2, 0.25) is 5.91 Å². The summed E-state index contributed by atoms with van der Waals surface area (Å²) in [6.07, 6.45) is 4.28. The van der Waals surface area contributed by atoms with E-state index in [0.29, 0.717) is 10.1 Å². The average Bonchev–Trinajstić information content (AvgIpc) is 3.33. The molecule has 0 bridgehead atoms. The SMILES string of the molecule is O=C(CSc1nc2c(c(=O)n1-c1ccccc1)SCC2)Nc1ccc(-c2ccncc2)cc1. The summed E-state index contributed by atoms with van der Waals surface area (Å²) in [6.45, 7) is 0. The van der Waals surface area contributed by atoms with E-state index in [1.54, 1.807) is 28.7 Å². The lowest BCUT2D eigenvalue weighted by atomic mass is 10.1. The lowest BCUT2D eigenvalue weighted by Crippen LogP contribution is -2.24. The molecule has 0 saturated heterocycles. The Hall–Kier alpha value is -3.36. The molecule has 1 amide bonds. The van der Waals surface area contributed by atoms with Gasteiger partial charge in [0.05, 0.1) is 22.0 Å². The molecule has 4 aromatic rings. The van der Waals surface area contributed by atoms with Crippen LogP contribution in [0.5, 0.6) is 0 Å². The summed E-state index contributed by atoms with van der Waals surface area (Å²) >= 11 is 2.82. The highest BCUT2D eigenvalue weighted by molar-refractivity contribution is 8.00. The molecule has 0 atom stereocenters. The fourth-order valence-corrected chi connectivity index (χ4v) is 5.46. The number of amides is 1. The normalized spacial score (nSPS) is 12.4. The van der Waals surface area contributed by atoms with Gasteiger partial charge in [0.25, 0.3) is 5.56 Å². The third-order valence-electron chi connectivity index (χ3n) is 5.20. The lowest BCUT2D eigenvalue weighted by molar-refractivity contribution is -0.113. The van der Waals surface area contributed by atoms with Crippen LogP contribution in [0.4, 0.5) is 5.69 Å². The van der Waals surface area contributed by atoms with E-state index in [1.807, 2.05) is 66.7 Å². The quantitative estimate of drug-likeness (QED) is 0.325. The second-order valence-corrected chi connectivity index (χ2v) is 9.44. The lowest BCUT2D eigenvalue weighted by Gasteiger charge is -2.13. The van der Waals surface area contributed by atoms with Gasteiger partial charge in [-0.3, -0.25) is 19.1 Å². The Labute approximate surface area is 199 Å². The van der Waals surface area contributed by atoms with Gasteiger partial charge in [-0.2, -0.15) is 0 Å². The molecule has 8 heteroatoms. The number of pyridine rings is 1. The molecule has 0 spiro atoms. The number of hydrogen-bond acceptors (Lipinski definition) is 6. The molecule has 0 fully saturated rings. The Bertz CT molecular complexity index is 1340. The maximum absolute atomic E-state index is 13.2. The number of nitrogens with one attached hydrogen (secondary N) is 1. The van der Waals surface area contributed by atoms with Crippen LogP contribution in [0.3, 0.4) is 0 Å². The van der Waals surface area contributed by atoms with Crippen molar-refractivity contribution >= 4 is 35.1 Å². The van der Waals surface area contributed by atoms with E-state index >= 15 is 0 Å². The first kappa shape index (κ1) is 21.5. The van der Waals surface area contributed by atoms with E-state index < -0.39 is 0 Å². The number of rotatable bonds is 6. The van der Waals surface area contributed by atoms with Crippen molar-refractivity contribution in [2.45, 2.75) is 16.5 Å². The second-order valence-electron chi connectivity index (χ2n) is 7.39. The number of thioether (sulfide) groups is 2. The van der Waals surface area contributed by atoms with Gasteiger partial charge >= 0.3 is 0 Å². The molecule has 1 aliphatic heterocycles. The maximum atomic E-state index is 13.2. The van der Waals surface area contributed by atoms with Gasteiger partial charge in [-0.05, 0) is 47.5 Å². The zero-order valence-corrected chi connectivity index (χ0v) is 19.2. The van der Waals surface area contributed by atoms with Gasteiger partial charge in [0, 0.05) is 30.3 Å². The standard InChI is InChI=1S/C25H20N4O2S2/c30-22(27-19-8-6-17(7-9-19)18-10-13-26-14-11-18)16-33-25-28-21-12-15-32-23(21)24(31)29(25)20-4-2-1-3-5-20/h1-11,13-14H,12,15-16H2,(H,27,30). The largest absolute Gasteiger partial charge is 0.325 e. The molecule has 6 nitrogen and oxygen atoms in total. The fraction of sp³-hybridized carbons (Fsp3) is 0.120. The summed E-state index contributed by atoms with van der Waals surface area (Å²) in [4.78, 5) is 35.3. The summed E-state index contributed by atoms with van der Waals surface area (Å²) in [6, 6.07) is 21.0. The Kier molecular flexibility index (Phi) is 6.28. The molecule has 0 radical (unpaired) electrons. The predicted octanol–water partition coefficient (Wildman–Crippen LogP) is 4.67. The molecule has 0 aliphatic carbocycles. The first-order valence-corrected chi connectivity index (χ1v) is 12.4. The van der Waals surface area contributed by atoms with Crippen LogP contribution in [0.25, 0.3) is 16.8 Å². The van der Waals surface area contributed by atoms with Gasteiger partial charge in [-0.15, -0.1) is 11.8 Å². The minimum Gasteiger partial charge on any atom is -0.325 e. The molecular weight excluding hydrogens is 452 g/mol. The Morgan fingerprint density at radius 2 is 1.73 bits per heavy atom. The summed E-state index contributed by atoms with van der Waals surface area (Å²) in [5.74, 6) is 0.855. The molecular formula is C25H20N4O2S2.